The molecule has 1 heterocycles. The summed E-state index contributed by atoms with van der Waals surface area (Å²) in [5, 5.41) is 0.209. The molecule has 0 bridgehead atoms. The van der Waals surface area contributed by atoms with Crippen LogP contribution < -0.4 is 14.2 Å². The van der Waals surface area contributed by atoms with Crippen LogP contribution in [-0.4, -0.2) is 40.7 Å². The predicted molar refractivity (Wildman–Crippen MR) is 87.5 cm³/mol. The zero-order valence-corrected chi connectivity index (χ0v) is 14.6. The van der Waals surface area contributed by atoms with Crippen LogP contribution in [0.1, 0.15) is 10.5 Å². The molecule has 1 aromatic heterocycles. The third-order valence-corrected chi connectivity index (χ3v) is 4.73. The quantitative estimate of drug-likeness (QED) is 0.751. The molecule has 130 valence electrons. The monoisotopic (exact) mass is 374 g/mol. The van der Waals surface area contributed by atoms with Gasteiger partial charge in [0.1, 0.15) is 22.1 Å². The number of methoxy groups -OCH3 is 3. The highest BCUT2D eigenvalue weighted by atomic mass is 35.5. The number of hydrogen-bond acceptors (Lipinski definition) is 6. The molecule has 24 heavy (non-hydrogen) atoms. The lowest BCUT2D eigenvalue weighted by Crippen LogP contribution is -2.13. The predicted octanol–water partition coefficient (Wildman–Crippen LogP) is 2.27. The number of aromatic amines is 1. The lowest BCUT2D eigenvalue weighted by atomic mass is 10.3. The number of sulfonamides is 1. The van der Waals surface area contributed by atoms with Gasteiger partial charge in [-0.25, -0.2) is 13.2 Å². The number of halogens is 1. The van der Waals surface area contributed by atoms with Crippen LogP contribution in [0.2, 0.25) is 5.02 Å². The smallest absolute Gasteiger partial charge is 0.354 e. The van der Waals surface area contributed by atoms with Crippen LogP contribution in [-0.2, 0) is 14.8 Å². The van der Waals surface area contributed by atoms with Gasteiger partial charge in [-0.2, -0.15) is 0 Å². The summed E-state index contributed by atoms with van der Waals surface area (Å²) in [4.78, 5) is 13.8. The van der Waals surface area contributed by atoms with Crippen LogP contribution in [0.4, 0.5) is 5.69 Å². The summed E-state index contributed by atoms with van der Waals surface area (Å²) in [5.41, 5.74) is 0.140. The molecule has 0 saturated carbocycles. The largest absolute Gasteiger partial charge is 0.495 e. The van der Waals surface area contributed by atoms with Gasteiger partial charge >= 0.3 is 5.97 Å². The lowest BCUT2D eigenvalue weighted by molar-refractivity contribution is 0.0594. The highest BCUT2D eigenvalue weighted by Crippen LogP contribution is 2.36. The molecule has 1 aromatic carbocycles. The van der Waals surface area contributed by atoms with Crippen molar-refractivity contribution in [2.24, 2.45) is 0 Å². The first-order chi connectivity index (χ1) is 11.3. The number of rotatable bonds is 6. The minimum Gasteiger partial charge on any atom is -0.495 e. The van der Waals surface area contributed by atoms with Crippen molar-refractivity contribution in [3.63, 3.8) is 0 Å². The van der Waals surface area contributed by atoms with Crippen LogP contribution in [0.25, 0.3) is 0 Å². The normalized spacial score (nSPS) is 11.0. The van der Waals surface area contributed by atoms with Crippen molar-refractivity contribution in [2.45, 2.75) is 4.90 Å². The number of anilines is 1. The second-order valence-electron chi connectivity index (χ2n) is 4.53. The van der Waals surface area contributed by atoms with Crippen LogP contribution in [0.15, 0.2) is 29.3 Å². The maximum atomic E-state index is 12.4. The Hall–Kier alpha value is -2.39. The number of carbonyl (C=O) groups excluding carboxylic acids is 1. The summed E-state index contributed by atoms with van der Waals surface area (Å²) >= 11 is 6.02. The Balaban J connectivity index is 2.37. The molecule has 0 atom stereocenters. The fraction of sp³-hybridized carbons (Fsp3) is 0.214. The molecule has 0 aliphatic carbocycles. The Bertz CT molecular complexity index is 862. The molecule has 0 spiro atoms. The Kier molecular flexibility index (Phi) is 5.25. The van der Waals surface area contributed by atoms with Crippen molar-refractivity contribution in [1.82, 2.24) is 4.98 Å². The van der Waals surface area contributed by atoms with Gasteiger partial charge in [-0.1, -0.05) is 11.6 Å². The van der Waals surface area contributed by atoms with Gasteiger partial charge in [0.2, 0.25) is 0 Å². The molecule has 10 heteroatoms. The van der Waals surface area contributed by atoms with Gasteiger partial charge < -0.3 is 19.2 Å². The van der Waals surface area contributed by atoms with Gasteiger partial charge in [0.05, 0.1) is 32.0 Å². The maximum absolute atomic E-state index is 12.4. The lowest BCUT2D eigenvalue weighted by Gasteiger charge is -2.13. The first-order valence-corrected chi connectivity index (χ1v) is 8.39. The second kappa shape index (κ2) is 7.02. The molecule has 0 aliphatic heterocycles. The molecule has 8 nitrogen and oxygen atoms in total. The van der Waals surface area contributed by atoms with E-state index in [1.807, 2.05) is 0 Å². The molecule has 0 amide bonds. The highest BCUT2D eigenvalue weighted by Gasteiger charge is 2.21. The summed E-state index contributed by atoms with van der Waals surface area (Å²) in [6.07, 6.45) is 1.17. The van der Waals surface area contributed by atoms with Gasteiger partial charge in [-0.3, -0.25) is 4.72 Å². The van der Waals surface area contributed by atoms with Crippen LogP contribution in [0, 0.1) is 0 Å². The molecule has 2 rings (SSSR count). The summed E-state index contributed by atoms with van der Waals surface area (Å²) < 4.78 is 42.0. The van der Waals surface area contributed by atoms with Gasteiger partial charge in [0, 0.05) is 12.3 Å². The zero-order valence-electron chi connectivity index (χ0n) is 13.0. The molecule has 0 fully saturated rings. The summed E-state index contributed by atoms with van der Waals surface area (Å²) in [5.74, 6) is -0.115. The van der Waals surface area contributed by atoms with Gasteiger partial charge in [-0.15, -0.1) is 0 Å². The minimum atomic E-state index is -3.97. The van der Waals surface area contributed by atoms with E-state index in [0.29, 0.717) is 5.75 Å². The summed E-state index contributed by atoms with van der Waals surface area (Å²) in [6.45, 7) is 0. The van der Waals surface area contributed by atoms with Crippen LogP contribution in [0.5, 0.6) is 11.5 Å². The average molecular weight is 375 g/mol. The first-order valence-electron chi connectivity index (χ1n) is 6.53. The molecule has 2 N–H and O–H groups in total. The van der Waals surface area contributed by atoms with Gasteiger partial charge in [0.15, 0.2) is 0 Å². The van der Waals surface area contributed by atoms with Crippen LogP contribution >= 0.6 is 11.6 Å². The van der Waals surface area contributed by atoms with E-state index in [1.165, 1.54) is 39.7 Å². The van der Waals surface area contributed by atoms with Crippen molar-refractivity contribution in [1.29, 1.82) is 0 Å². The fourth-order valence-corrected chi connectivity index (χ4v) is 3.20. The number of aromatic nitrogens is 1. The van der Waals surface area contributed by atoms with E-state index in [2.05, 4.69) is 14.4 Å². The number of benzene rings is 1. The highest BCUT2D eigenvalue weighted by molar-refractivity contribution is 7.92. The number of hydrogen-bond donors (Lipinski definition) is 2. The topological polar surface area (TPSA) is 107 Å². The molecular formula is C14H15ClN2O6S. The van der Waals surface area contributed by atoms with E-state index in [4.69, 9.17) is 21.1 Å². The van der Waals surface area contributed by atoms with E-state index in [-0.39, 0.29) is 27.0 Å². The third kappa shape index (κ3) is 3.57. The number of nitrogens with one attached hydrogen (secondary N) is 2. The zero-order chi connectivity index (χ0) is 17.9. The summed E-state index contributed by atoms with van der Waals surface area (Å²) in [6, 6.07) is 3.98. The Morgan fingerprint density at radius 1 is 1.12 bits per heavy atom. The van der Waals surface area contributed by atoms with Crippen molar-refractivity contribution < 1.29 is 27.4 Å². The standard InChI is InChI=1S/C14H15ClN2O6S/c1-21-12-6-13(22-2)10(5-9(12)15)17-24(19,20)8-4-11(16-7-8)14(18)23-3/h4-7,16-17H,1-3H3. The van der Waals surface area contributed by atoms with Crippen molar-refractivity contribution in [3.05, 3.63) is 35.1 Å². The average Bonchev–Trinajstić information content (AvgIpc) is 3.05. The first kappa shape index (κ1) is 18.0. The van der Waals surface area contributed by atoms with Crippen molar-refractivity contribution in [2.75, 3.05) is 26.1 Å². The van der Waals surface area contributed by atoms with E-state index >= 15 is 0 Å². The van der Waals surface area contributed by atoms with E-state index in [1.54, 1.807) is 0 Å². The number of esters is 1. The molecule has 0 unspecified atom stereocenters. The minimum absolute atomic E-state index is 0.0117. The molecular weight excluding hydrogens is 360 g/mol. The van der Waals surface area contributed by atoms with Gasteiger partial charge in [0.25, 0.3) is 10.0 Å². The molecule has 0 saturated heterocycles. The Labute approximate surface area is 143 Å². The number of carbonyl (C=O) groups is 1. The van der Waals surface area contributed by atoms with Crippen molar-refractivity contribution in [3.8, 4) is 11.5 Å². The number of H-pyrrole nitrogens is 1. The molecule has 0 aliphatic rings. The van der Waals surface area contributed by atoms with E-state index < -0.39 is 16.0 Å². The van der Waals surface area contributed by atoms with E-state index in [9.17, 15) is 13.2 Å². The molecule has 2 aromatic rings. The maximum Gasteiger partial charge on any atom is 0.354 e. The SMILES string of the molecule is COC(=O)c1cc(S(=O)(=O)Nc2cc(Cl)c(OC)cc2OC)c[nH]1. The fourth-order valence-electron chi connectivity index (χ4n) is 1.90. The van der Waals surface area contributed by atoms with Crippen molar-refractivity contribution >= 4 is 33.3 Å². The molecule has 0 radical (unpaired) electrons. The van der Waals surface area contributed by atoms with Gasteiger partial charge in [-0.05, 0) is 12.1 Å². The number of ether oxygens (including phenoxy) is 3. The Morgan fingerprint density at radius 2 is 1.79 bits per heavy atom. The second-order valence-corrected chi connectivity index (χ2v) is 6.62. The third-order valence-electron chi connectivity index (χ3n) is 3.09. The summed E-state index contributed by atoms with van der Waals surface area (Å²) in [7, 11) is 0.0329. The Morgan fingerprint density at radius 3 is 2.38 bits per heavy atom. The van der Waals surface area contributed by atoms with Crippen LogP contribution in [0.3, 0.4) is 0 Å². The van der Waals surface area contributed by atoms with E-state index in [0.717, 1.165) is 6.07 Å².